The number of nitriles is 1. The summed E-state index contributed by atoms with van der Waals surface area (Å²) in [6.07, 6.45) is 1.26. The summed E-state index contributed by atoms with van der Waals surface area (Å²) in [5.41, 5.74) is 0.502. The maximum Gasteiger partial charge on any atom is 0.337 e. The number of carbonyl (C=O) groups excluding carboxylic acids is 1. The predicted octanol–water partition coefficient (Wildman–Crippen LogP) is 2.27. The number of ether oxygens (including phenoxy) is 2. The van der Waals surface area contributed by atoms with E-state index in [-0.39, 0.29) is 0 Å². The Morgan fingerprint density at radius 2 is 2.19 bits per heavy atom. The van der Waals surface area contributed by atoms with Crippen LogP contribution in [-0.4, -0.2) is 11.8 Å². The molecule has 0 saturated carbocycles. The van der Waals surface area contributed by atoms with Crippen LogP contribution in [0.1, 0.15) is 24.3 Å². The van der Waals surface area contributed by atoms with Crippen molar-refractivity contribution in [3.05, 3.63) is 28.0 Å². The quantitative estimate of drug-likeness (QED) is 0.700. The van der Waals surface area contributed by atoms with E-state index in [4.69, 9.17) is 14.7 Å². The van der Waals surface area contributed by atoms with E-state index in [1.165, 1.54) is 17.4 Å². The van der Waals surface area contributed by atoms with E-state index in [0.717, 1.165) is 0 Å². The average Bonchev–Trinajstić information content (AvgIpc) is 2.61. The van der Waals surface area contributed by atoms with Crippen molar-refractivity contribution < 1.29 is 14.3 Å². The Morgan fingerprint density at radius 1 is 1.44 bits per heavy atom. The second kappa shape index (κ2) is 3.65. The highest BCUT2D eigenvalue weighted by atomic mass is 32.1. The highest BCUT2D eigenvalue weighted by Crippen LogP contribution is 2.33. The van der Waals surface area contributed by atoms with Crippen LogP contribution >= 0.6 is 11.3 Å². The first-order valence-corrected chi connectivity index (χ1v) is 5.51. The Kier molecular flexibility index (Phi) is 2.44. The second-order valence-electron chi connectivity index (χ2n) is 3.71. The van der Waals surface area contributed by atoms with Crippen LogP contribution in [0, 0.1) is 11.3 Å². The van der Waals surface area contributed by atoms with Gasteiger partial charge in [-0.3, -0.25) is 0 Å². The van der Waals surface area contributed by atoms with Crippen molar-refractivity contribution >= 4 is 23.1 Å². The van der Waals surface area contributed by atoms with Crippen molar-refractivity contribution in [3.63, 3.8) is 0 Å². The molecule has 0 spiro atoms. The molecule has 1 aromatic heterocycles. The maximum absolute atomic E-state index is 11.3. The van der Waals surface area contributed by atoms with Crippen LogP contribution in [0.5, 0.6) is 0 Å². The topological polar surface area (TPSA) is 59.3 Å². The molecule has 82 valence electrons. The molecule has 0 unspecified atom stereocenters. The predicted molar refractivity (Wildman–Crippen MR) is 58.3 cm³/mol. The molecule has 4 nitrogen and oxygen atoms in total. The van der Waals surface area contributed by atoms with Gasteiger partial charge in [-0.1, -0.05) is 0 Å². The lowest BCUT2D eigenvalue weighted by Gasteiger charge is -2.30. The number of esters is 1. The summed E-state index contributed by atoms with van der Waals surface area (Å²) >= 11 is 1.36. The number of hydrogen-bond acceptors (Lipinski definition) is 5. The highest BCUT2D eigenvalue weighted by molar-refractivity contribution is 7.11. The number of hydrogen-bond donors (Lipinski definition) is 0. The molecular formula is C11H9NO3S. The number of rotatable bonds is 1. The van der Waals surface area contributed by atoms with Gasteiger partial charge in [-0.05, 0) is 11.4 Å². The van der Waals surface area contributed by atoms with E-state index in [1.807, 2.05) is 0 Å². The summed E-state index contributed by atoms with van der Waals surface area (Å²) in [5.74, 6) is -1.05. The van der Waals surface area contributed by atoms with Gasteiger partial charge in [-0.2, -0.15) is 5.26 Å². The fourth-order valence-electron chi connectivity index (χ4n) is 1.39. The first-order valence-electron chi connectivity index (χ1n) is 4.63. The standard InChI is InChI=1S/C11H9NO3S/c1-11(2)14-8(5-9(13)15-11)10-7(6-12)3-4-16-10/h3-5H,1-2H3. The zero-order valence-corrected chi connectivity index (χ0v) is 9.63. The monoisotopic (exact) mass is 235 g/mol. The minimum Gasteiger partial charge on any atom is -0.451 e. The molecule has 0 N–H and O–H groups in total. The molecule has 0 amide bonds. The Bertz CT molecular complexity index is 508. The Hall–Kier alpha value is -1.80. The number of nitrogens with zero attached hydrogens (tertiary/aromatic N) is 1. The van der Waals surface area contributed by atoms with Crippen molar-refractivity contribution in [2.45, 2.75) is 19.6 Å². The maximum atomic E-state index is 11.3. The van der Waals surface area contributed by atoms with Gasteiger partial charge in [0.1, 0.15) is 11.8 Å². The van der Waals surface area contributed by atoms with E-state index >= 15 is 0 Å². The van der Waals surface area contributed by atoms with Crippen molar-refractivity contribution in [3.8, 4) is 6.07 Å². The summed E-state index contributed by atoms with van der Waals surface area (Å²) < 4.78 is 10.5. The molecule has 2 rings (SSSR count). The van der Waals surface area contributed by atoms with Crippen LogP contribution in [0.2, 0.25) is 0 Å². The normalized spacial score (nSPS) is 18.1. The molecule has 0 fully saturated rings. The Balaban J connectivity index is 2.43. The fourth-order valence-corrected chi connectivity index (χ4v) is 2.19. The molecule has 5 heteroatoms. The van der Waals surface area contributed by atoms with E-state index in [1.54, 1.807) is 25.3 Å². The third-order valence-electron chi connectivity index (χ3n) is 1.96. The molecular weight excluding hydrogens is 226 g/mol. The fraction of sp³-hybridized carbons (Fsp3) is 0.273. The van der Waals surface area contributed by atoms with Crippen molar-refractivity contribution in [1.82, 2.24) is 0 Å². The van der Waals surface area contributed by atoms with Gasteiger partial charge >= 0.3 is 5.97 Å². The SMILES string of the molecule is CC1(C)OC(=O)C=C(c2sccc2C#N)O1. The number of cyclic esters (lactones) is 1. The van der Waals surface area contributed by atoms with Crippen LogP contribution in [0.3, 0.4) is 0 Å². The molecule has 0 saturated heterocycles. The molecule has 0 radical (unpaired) electrons. The molecule has 0 atom stereocenters. The summed E-state index contributed by atoms with van der Waals surface area (Å²) in [5, 5.41) is 10.7. The summed E-state index contributed by atoms with van der Waals surface area (Å²) in [4.78, 5) is 12.0. The van der Waals surface area contributed by atoms with Crippen LogP contribution in [0.4, 0.5) is 0 Å². The van der Waals surface area contributed by atoms with Crippen LogP contribution in [0.15, 0.2) is 17.5 Å². The lowest BCUT2D eigenvalue weighted by molar-refractivity contribution is -0.193. The highest BCUT2D eigenvalue weighted by Gasteiger charge is 2.31. The van der Waals surface area contributed by atoms with Gasteiger partial charge in [-0.25, -0.2) is 4.79 Å². The zero-order chi connectivity index (χ0) is 11.8. The van der Waals surface area contributed by atoms with E-state index in [2.05, 4.69) is 6.07 Å². The summed E-state index contributed by atoms with van der Waals surface area (Å²) in [6, 6.07) is 3.74. The minimum atomic E-state index is -0.988. The third kappa shape index (κ3) is 1.92. The van der Waals surface area contributed by atoms with E-state index in [9.17, 15) is 4.79 Å². The molecule has 0 bridgehead atoms. The second-order valence-corrected chi connectivity index (χ2v) is 4.62. The van der Waals surface area contributed by atoms with Crippen LogP contribution in [0.25, 0.3) is 5.76 Å². The number of carbonyl (C=O) groups is 1. The molecule has 1 aliphatic rings. The van der Waals surface area contributed by atoms with Crippen LogP contribution < -0.4 is 0 Å². The largest absolute Gasteiger partial charge is 0.451 e. The first-order chi connectivity index (χ1) is 7.52. The van der Waals surface area contributed by atoms with Crippen molar-refractivity contribution in [2.24, 2.45) is 0 Å². The Labute approximate surface area is 96.7 Å². The summed E-state index contributed by atoms with van der Waals surface area (Å²) in [6.45, 7) is 3.30. The van der Waals surface area contributed by atoms with Crippen molar-refractivity contribution in [1.29, 1.82) is 5.26 Å². The molecule has 0 aromatic carbocycles. The molecule has 1 aromatic rings. The Morgan fingerprint density at radius 3 is 2.81 bits per heavy atom. The summed E-state index contributed by atoms with van der Waals surface area (Å²) in [7, 11) is 0. The van der Waals surface area contributed by atoms with E-state index in [0.29, 0.717) is 16.2 Å². The lowest BCUT2D eigenvalue weighted by Crippen LogP contribution is -2.33. The van der Waals surface area contributed by atoms with Gasteiger partial charge in [0, 0.05) is 13.8 Å². The van der Waals surface area contributed by atoms with Crippen molar-refractivity contribution in [2.75, 3.05) is 0 Å². The van der Waals surface area contributed by atoms with Gasteiger partial charge in [0.05, 0.1) is 16.5 Å². The zero-order valence-electron chi connectivity index (χ0n) is 8.81. The van der Waals surface area contributed by atoms with E-state index < -0.39 is 11.8 Å². The van der Waals surface area contributed by atoms with Gasteiger partial charge in [0.15, 0.2) is 0 Å². The van der Waals surface area contributed by atoms with Gasteiger partial charge in [0.2, 0.25) is 5.79 Å². The average molecular weight is 235 g/mol. The lowest BCUT2D eigenvalue weighted by atomic mass is 10.2. The molecule has 2 heterocycles. The van der Waals surface area contributed by atoms with Gasteiger partial charge < -0.3 is 9.47 Å². The third-order valence-corrected chi connectivity index (χ3v) is 2.89. The molecule has 16 heavy (non-hydrogen) atoms. The minimum absolute atomic E-state index is 0.396. The first kappa shape index (κ1) is 10.7. The smallest absolute Gasteiger partial charge is 0.337 e. The molecule has 1 aliphatic heterocycles. The van der Waals surface area contributed by atoms with Crippen LogP contribution in [-0.2, 0) is 14.3 Å². The molecule has 0 aliphatic carbocycles. The van der Waals surface area contributed by atoms with Gasteiger partial charge in [0.25, 0.3) is 0 Å². The van der Waals surface area contributed by atoms with Gasteiger partial charge in [-0.15, -0.1) is 11.3 Å². The number of thiophene rings is 1.